The van der Waals surface area contributed by atoms with Crippen molar-refractivity contribution in [2.24, 2.45) is 0 Å². The molecular weight excluding hydrogens is 306 g/mol. The van der Waals surface area contributed by atoms with E-state index in [0.29, 0.717) is 29.6 Å². The van der Waals surface area contributed by atoms with E-state index in [1.807, 2.05) is 36.4 Å². The lowest BCUT2D eigenvalue weighted by Gasteiger charge is -2.04. The number of carbonyl (C=O) groups is 1. The maximum atomic E-state index is 11.4. The van der Waals surface area contributed by atoms with E-state index < -0.39 is 0 Å². The van der Waals surface area contributed by atoms with E-state index in [2.05, 4.69) is 15.5 Å². The normalized spacial score (nSPS) is 10.4. The second-order valence-electron chi connectivity index (χ2n) is 5.20. The number of para-hydroxylation sites is 1. The Kier molecular flexibility index (Phi) is 4.56. The van der Waals surface area contributed by atoms with Gasteiger partial charge in [-0.15, -0.1) is 0 Å². The first kappa shape index (κ1) is 15.7. The van der Waals surface area contributed by atoms with Gasteiger partial charge in [-0.05, 0) is 31.2 Å². The smallest absolute Gasteiger partial charge is 0.246 e. The average molecular weight is 323 g/mol. The number of methoxy groups -OCH3 is 1. The summed E-state index contributed by atoms with van der Waals surface area (Å²) in [6.07, 6.45) is 0. The lowest BCUT2D eigenvalue weighted by atomic mass is 10.1. The van der Waals surface area contributed by atoms with Gasteiger partial charge in [-0.2, -0.15) is 4.98 Å². The molecule has 0 aliphatic heterocycles. The van der Waals surface area contributed by atoms with Crippen LogP contribution in [-0.2, 0) is 6.54 Å². The van der Waals surface area contributed by atoms with Crippen LogP contribution < -0.4 is 10.1 Å². The zero-order chi connectivity index (χ0) is 16.9. The molecule has 0 saturated carbocycles. The number of hydrogen-bond acceptors (Lipinski definition) is 6. The van der Waals surface area contributed by atoms with Gasteiger partial charge in [0.2, 0.25) is 11.7 Å². The Morgan fingerprint density at radius 2 is 2.04 bits per heavy atom. The average Bonchev–Trinajstić information content (AvgIpc) is 3.09. The van der Waals surface area contributed by atoms with Crippen molar-refractivity contribution in [2.75, 3.05) is 12.4 Å². The predicted molar refractivity (Wildman–Crippen MR) is 90.1 cm³/mol. The number of benzene rings is 2. The summed E-state index contributed by atoms with van der Waals surface area (Å²) in [5, 5.41) is 7.16. The van der Waals surface area contributed by atoms with Gasteiger partial charge in [0.05, 0.1) is 19.2 Å². The number of anilines is 1. The monoisotopic (exact) mass is 323 g/mol. The molecule has 0 aliphatic carbocycles. The molecule has 0 bridgehead atoms. The molecule has 0 spiro atoms. The Balaban J connectivity index is 1.73. The fraction of sp³-hybridized carbons (Fsp3) is 0.167. The van der Waals surface area contributed by atoms with Gasteiger partial charge in [-0.3, -0.25) is 4.79 Å². The van der Waals surface area contributed by atoms with E-state index in [9.17, 15) is 4.79 Å². The molecule has 0 radical (unpaired) electrons. The van der Waals surface area contributed by atoms with E-state index in [1.54, 1.807) is 19.2 Å². The second-order valence-corrected chi connectivity index (χ2v) is 5.20. The van der Waals surface area contributed by atoms with E-state index >= 15 is 0 Å². The van der Waals surface area contributed by atoms with E-state index in [-0.39, 0.29) is 5.78 Å². The summed E-state index contributed by atoms with van der Waals surface area (Å²) < 4.78 is 10.6. The van der Waals surface area contributed by atoms with Crippen LogP contribution in [0.1, 0.15) is 23.2 Å². The third-order valence-electron chi connectivity index (χ3n) is 3.53. The fourth-order valence-electron chi connectivity index (χ4n) is 2.29. The van der Waals surface area contributed by atoms with Crippen LogP contribution in [0.3, 0.4) is 0 Å². The van der Waals surface area contributed by atoms with Crippen LogP contribution >= 0.6 is 0 Å². The van der Waals surface area contributed by atoms with Gasteiger partial charge in [-0.1, -0.05) is 29.4 Å². The van der Waals surface area contributed by atoms with Crippen molar-refractivity contribution >= 4 is 11.5 Å². The van der Waals surface area contributed by atoms with E-state index in [4.69, 9.17) is 9.26 Å². The van der Waals surface area contributed by atoms with Crippen LogP contribution in [0.5, 0.6) is 5.75 Å². The minimum atomic E-state index is 0.0231. The first-order valence-electron chi connectivity index (χ1n) is 7.48. The Morgan fingerprint density at radius 1 is 1.21 bits per heavy atom. The van der Waals surface area contributed by atoms with Crippen LogP contribution in [0.25, 0.3) is 11.4 Å². The predicted octanol–water partition coefficient (Wildman–Crippen LogP) is 3.56. The summed E-state index contributed by atoms with van der Waals surface area (Å²) in [6.45, 7) is 1.90. The summed E-state index contributed by atoms with van der Waals surface area (Å²) in [5.74, 6) is 1.63. The van der Waals surface area contributed by atoms with Gasteiger partial charge < -0.3 is 14.6 Å². The zero-order valence-electron chi connectivity index (χ0n) is 13.4. The number of ketones is 1. The van der Waals surface area contributed by atoms with Gasteiger partial charge in [-0.25, -0.2) is 0 Å². The van der Waals surface area contributed by atoms with Gasteiger partial charge in [0.25, 0.3) is 0 Å². The summed E-state index contributed by atoms with van der Waals surface area (Å²) in [6, 6.07) is 14.8. The Hall–Kier alpha value is -3.15. The SMILES string of the molecule is COc1ccccc1-c1noc(CNc2cccc(C(C)=O)c2)n1. The highest BCUT2D eigenvalue weighted by molar-refractivity contribution is 5.94. The van der Waals surface area contributed by atoms with Crippen molar-refractivity contribution in [2.45, 2.75) is 13.5 Å². The molecule has 0 atom stereocenters. The van der Waals surface area contributed by atoms with Crippen molar-refractivity contribution in [3.63, 3.8) is 0 Å². The zero-order valence-corrected chi connectivity index (χ0v) is 13.4. The topological polar surface area (TPSA) is 77.3 Å². The highest BCUT2D eigenvalue weighted by atomic mass is 16.5. The summed E-state index contributed by atoms with van der Waals surface area (Å²) in [5.41, 5.74) is 2.24. The molecular formula is C18H17N3O3. The molecule has 1 N–H and O–H groups in total. The van der Waals surface area contributed by atoms with Crippen LogP contribution in [-0.4, -0.2) is 23.0 Å². The molecule has 1 aromatic heterocycles. The van der Waals surface area contributed by atoms with Gasteiger partial charge in [0, 0.05) is 11.3 Å². The number of ether oxygens (including phenoxy) is 1. The third-order valence-corrected chi connectivity index (χ3v) is 3.53. The summed E-state index contributed by atoms with van der Waals surface area (Å²) in [7, 11) is 1.60. The minimum Gasteiger partial charge on any atom is -0.496 e. The number of rotatable bonds is 6. The van der Waals surface area contributed by atoms with Crippen molar-refractivity contribution in [1.29, 1.82) is 0 Å². The molecule has 122 valence electrons. The number of aromatic nitrogens is 2. The Morgan fingerprint density at radius 3 is 2.83 bits per heavy atom. The molecule has 6 heteroatoms. The molecule has 0 amide bonds. The minimum absolute atomic E-state index is 0.0231. The molecule has 1 heterocycles. The van der Waals surface area contributed by atoms with Crippen LogP contribution in [0.4, 0.5) is 5.69 Å². The van der Waals surface area contributed by atoms with Crippen molar-refractivity contribution in [3.05, 3.63) is 60.0 Å². The number of Topliss-reactive ketones (excluding diaryl/α,β-unsaturated/α-hetero) is 1. The molecule has 3 rings (SSSR count). The maximum Gasteiger partial charge on any atom is 0.246 e. The molecule has 6 nitrogen and oxygen atoms in total. The van der Waals surface area contributed by atoms with Gasteiger partial charge in [0.1, 0.15) is 5.75 Å². The van der Waals surface area contributed by atoms with E-state index in [0.717, 1.165) is 11.3 Å². The lowest BCUT2D eigenvalue weighted by molar-refractivity contribution is 0.101. The molecule has 24 heavy (non-hydrogen) atoms. The molecule has 0 saturated heterocycles. The maximum absolute atomic E-state index is 11.4. The molecule has 3 aromatic rings. The van der Waals surface area contributed by atoms with Gasteiger partial charge in [0.15, 0.2) is 5.78 Å². The number of nitrogens with zero attached hydrogens (tertiary/aromatic N) is 2. The Bertz CT molecular complexity index is 858. The van der Waals surface area contributed by atoms with Crippen LogP contribution in [0.2, 0.25) is 0 Å². The highest BCUT2D eigenvalue weighted by Gasteiger charge is 2.12. The highest BCUT2D eigenvalue weighted by Crippen LogP contribution is 2.27. The summed E-state index contributed by atoms with van der Waals surface area (Å²) >= 11 is 0. The lowest BCUT2D eigenvalue weighted by Crippen LogP contribution is -2.01. The molecule has 0 aliphatic rings. The largest absolute Gasteiger partial charge is 0.496 e. The molecule has 0 unspecified atom stereocenters. The first-order chi connectivity index (χ1) is 11.7. The third kappa shape index (κ3) is 3.43. The quantitative estimate of drug-likeness (QED) is 0.699. The molecule has 2 aromatic carbocycles. The number of nitrogens with one attached hydrogen (secondary N) is 1. The van der Waals surface area contributed by atoms with E-state index in [1.165, 1.54) is 6.92 Å². The van der Waals surface area contributed by atoms with Crippen molar-refractivity contribution in [1.82, 2.24) is 10.1 Å². The van der Waals surface area contributed by atoms with Crippen molar-refractivity contribution in [3.8, 4) is 17.1 Å². The first-order valence-corrected chi connectivity index (χ1v) is 7.48. The summed E-state index contributed by atoms with van der Waals surface area (Å²) in [4.78, 5) is 15.8. The van der Waals surface area contributed by atoms with Crippen LogP contribution in [0.15, 0.2) is 53.1 Å². The van der Waals surface area contributed by atoms with Gasteiger partial charge >= 0.3 is 0 Å². The Labute approximate surface area is 139 Å². The standard InChI is InChI=1S/C18H17N3O3/c1-12(22)13-6-5-7-14(10-13)19-11-17-20-18(21-24-17)15-8-3-4-9-16(15)23-2/h3-10,19H,11H2,1-2H3. The van der Waals surface area contributed by atoms with Crippen molar-refractivity contribution < 1.29 is 14.1 Å². The van der Waals surface area contributed by atoms with Crippen LogP contribution in [0, 0.1) is 0 Å². The number of carbonyl (C=O) groups excluding carboxylic acids is 1. The second kappa shape index (κ2) is 6.95. The molecule has 0 fully saturated rings. The fourth-order valence-corrected chi connectivity index (χ4v) is 2.29. The number of hydrogen-bond donors (Lipinski definition) is 1.